The van der Waals surface area contributed by atoms with Crippen molar-refractivity contribution in [3.63, 3.8) is 0 Å². The van der Waals surface area contributed by atoms with Crippen molar-refractivity contribution in [1.82, 2.24) is 20.2 Å². The summed E-state index contributed by atoms with van der Waals surface area (Å²) in [6.07, 6.45) is 5.77. The number of fused-ring (bicyclic) bond motifs is 1. The maximum absolute atomic E-state index is 4.66. The maximum Gasteiger partial charge on any atom is 0.0702 e. The summed E-state index contributed by atoms with van der Waals surface area (Å²) < 4.78 is 0. The lowest BCUT2D eigenvalue weighted by Gasteiger charge is -2.35. The molecule has 1 atom stereocenters. The third-order valence-corrected chi connectivity index (χ3v) is 4.47. The SMILES string of the molecule is c1ccc2ncc([C@H](c3ccncc3)N3CCNCC3)cc2c1. The minimum absolute atomic E-state index is 0.234. The van der Waals surface area contributed by atoms with E-state index in [1.807, 2.05) is 24.7 Å². The Bertz CT molecular complexity index is 781. The lowest BCUT2D eigenvalue weighted by molar-refractivity contribution is 0.198. The van der Waals surface area contributed by atoms with Gasteiger partial charge in [0.15, 0.2) is 0 Å². The first-order chi connectivity index (χ1) is 11.4. The molecule has 1 aliphatic rings. The van der Waals surface area contributed by atoms with Gasteiger partial charge in [-0.1, -0.05) is 18.2 Å². The summed E-state index contributed by atoms with van der Waals surface area (Å²) in [6, 6.07) is 15.0. The smallest absolute Gasteiger partial charge is 0.0702 e. The van der Waals surface area contributed by atoms with Crippen LogP contribution in [0.3, 0.4) is 0 Å². The van der Waals surface area contributed by atoms with Crippen molar-refractivity contribution >= 4 is 10.9 Å². The number of hydrogen-bond acceptors (Lipinski definition) is 4. The van der Waals surface area contributed by atoms with Gasteiger partial charge in [-0.15, -0.1) is 0 Å². The molecule has 0 spiro atoms. The molecule has 0 bridgehead atoms. The number of nitrogens with zero attached hydrogens (tertiary/aromatic N) is 3. The van der Waals surface area contributed by atoms with Crippen LogP contribution in [0, 0.1) is 0 Å². The highest BCUT2D eigenvalue weighted by Gasteiger charge is 2.24. The van der Waals surface area contributed by atoms with Gasteiger partial charge in [-0.2, -0.15) is 0 Å². The first kappa shape index (κ1) is 14.3. The Kier molecular flexibility index (Phi) is 4.01. The van der Waals surface area contributed by atoms with Crippen LogP contribution in [0.25, 0.3) is 10.9 Å². The van der Waals surface area contributed by atoms with Crippen molar-refractivity contribution in [3.8, 4) is 0 Å². The Morgan fingerprint density at radius 1 is 0.957 bits per heavy atom. The standard InChI is InChI=1S/C19H20N4/c1-2-4-18-16(3-1)13-17(14-22-18)19(15-5-7-20-8-6-15)23-11-9-21-10-12-23/h1-8,13-14,19,21H,9-12H2/t19-/m0/s1. The second-order valence-electron chi connectivity index (χ2n) is 5.93. The van der Waals surface area contributed by atoms with Crippen molar-refractivity contribution in [2.24, 2.45) is 0 Å². The van der Waals surface area contributed by atoms with Crippen LogP contribution >= 0.6 is 0 Å². The molecular weight excluding hydrogens is 284 g/mol. The van der Waals surface area contributed by atoms with Gasteiger partial charge in [0.2, 0.25) is 0 Å². The molecule has 4 rings (SSSR count). The van der Waals surface area contributed by atoms with Gasteiger partial charge in [-0.3, -0.25) is 14.9 Å². The summed E-state index contributed by atoms with van der Waals surface area (Å²) in [4.78, 5) is 11.4. The Morgan fingerprint density at radius 3 is 2.57 bits per heavy atom. The lowest BCUT2D eigenvalue weighted by atomic mass is 9.97. The van der Waals surface area contributed by atoms with E-state index in [-0.39, 0.29) is 6.04 Å². The number of para-hydroxylation sites is 1. The number of aromatic nitrogens is 2. The monoisotopic (exact) mass is 304 g/mol. The van der Waals surface area contributed by atoms with Crippen LogP contribution in [0.15, 0.2) is 61.1 Å². The van der Waals surface area contributed by atoms with Gasteiger partial charge in [0.1, 0.15) is 0 Å². The normalized spacial score (nSPS) is 17.2. The van der Waals surface area contributed by atoms with E-state index in [0.717, 1.165) is 31.7 Å². The van der Waals surface area contributed by atoms with Crippen LogP contribution in [0.1, 0.15) is 17.2 Å². The van der Waals surface area contributed by atoms with Crippen LogP contribution in [0.4, 0.5) is 0 Å². The highest BCUT2D eigenvalue weighted by Crippen LogP contribution is 2.29. The number of pyridine rings is 2. The Hall–Kier alpha value is -2.30. The average molecular weight is 304 g/mol. The van der Waals surface area contributed by atoms with Gasteiger partial charge < -0.3 is 5.32 Å². The highest BCUT2D eigenvalue weighted by atomic mass is 15.2. The van der Waals surface area contributed by atoms with E-state index in [0.29, 0.717) is 0 Å². The summed E-state index contributed by atoms with van der Waals surface area (Å²) in [6.45, 7) is 4.14. The zero-order chi connectivity index (χ0) is 15.5. The van der Waals surface area contributed by atoms with Gasteiger partial charge in [0.25, 0.3) is 0 Å². The fraction of sp³-hybridized carbons (Fsp3) is 0.263. The molecule has 0 radical (unpaired) electrons. The molecule has 0 aliphatic carbocycles. The molecule has 0 amide bonds. The maximum atomic E-state index is 4.66. The lowest BCUT2D eigenvalue weighted by Crippen LogP contribution is -2.45. The summed E-state index contributed by atoms with van der Waals surface area (Å²) in [5, 5.41) is 4.63. The number of benzene rings is 1. The van der Waals surface area contributed by atoms with Crippen molar-refractivity contribution < 1.29 is 0 Å². The van der Waals surface area contributed by atoms with Crippen molar-refractivity contribution in [2.75, 3.05) is 26.2 Å². The molecule has 3 heterocycles. The molecule has 4 heteroatoms. The van der Waals surface area contributed by atoms with Gasteiger partial charge in [-0.25, -0.2) is 0 Å². The molecule has 1 aromatic carbocycles. The minimum Gasteiger partial charge on any atom is -0.314 e. The third-order valence-electron chi connectivity index (χ3n) is 4.47. The van der Waals surface area contributed by atoms with E-state index in [9.17, 15) is 0 Å². The molecule has 1 fully saturated rings. The summed E-state index contributed by atoms with van der Waals surface area (Å²) >= 11 is 0. The summed E-state index contributed by atoms with van der Waals surface area (Å²) in [5.41, 5.74) is 3.57. The predicted octanol–water partition coefficient (Wildman–Crippen LogP) is 2.62. The second kappa shape index (κ2) is 6.44. The summed E-state index contributed by atoms with van der Waals surface area (Å²) in [5.74, 6) is 0. The third kappa shape index (κ3) is 2.96. The van der Waals surface area contributed by atoms with Crippen LogP contribution in [-0.2, 0) is 0 Å². The largest absolute Gasteiger partial charge is 0.314 e. The van der Waals surface area contributed by atoms with Gasteiger partial charge >= 0.3 is 0 Å². The zero-order valence-electron chi connectivity index (χ0n) is 13.0. The van der Waals surface area contributed by atoms with E-state index in [2.05, 4.69) is 56.6 Å². The average Bonchev–Trinajstić information content (AvgIpc) is 2.64. The van der Waals surface area contributed by atoms with E-state index in [4.69, 9.17) is 0 Å². The highest BCUT2D eigenvalue weighted by molar-refractivity contribution is 5.79. The van der Waals surface area contributed by atoms with E-state index < -0.39 is 0 Å². The number of hydrogen-bond donors (Lipinski definition) is 1. The van der Waals surface area contributed by atoms with Crippen LogP contribution < -0.4 is 5.32 Å². The topological polar surface area (TPSA) is 41.1 Å². The van der Waals surface area contributed by atoms with Crippen molar-refractivity contribution in [3.05, 3.63) is 72.2 Å². The van der Waals surface area contributed by atoms with Crippen molar-refractivity contribution in [2.45, 2.75) is 6.04 Å². The molecule has 3 aromatic rings. The Labute approximate surface area is 136 Å². The molecule has 0 saturated carbocycles. The van der Waals surface area contributed by atoms with Gasteiger partial charge in [0, 0.05) is 50.2 Å². The number of nitrogens with one attached hydrogen (secondary N) is 1. The number of piperazine rings is 1. The first-order valence-corrected chi connectivity index (χ1v) is 8.11. The van der Waals surface area contributed by atoms with Crippen LogP contribution in [0.2, 0.25) is 0 Å². The Morgan fingerprint density at radius 2 is 1.74 bits per heavy atom. The fourth-order valence-corrected chi connectivity index (χ4v) is 3.34. The molecule has 23 heavy (non-hydrogen) atoms. The first-order valence-electron chi connectivity index (χ1n) is 8.11. The number of rotatable bonds is 3. The molecule has 1 saturated heterocycles. The molecule has 1 N–H and O–H groups in total. The predicted molar refractivity (Wildman–Crippen MR) is 92.3 cm³/mol. The molecule has 116 valence electrons. The van der Waals surface area contributed by atoms with Crippen LogP contribution in [0.5, 0.6) is 0 Å². The van der Waals surface area contributed by atoms with E-state index in [1.165, 1.54) is 16.5 Å². The summed E-state index contributed by atoms with van der Waals surface area (Å²) in [7, 11) is 0. The van der Waals surface area contributed by atoms with Gasteiger partial charge in [0.05, 0.1) is 11.6 Å². The molecule has 0 unspecified atom stereocenters. The second-order valence-corrected chi connectivity index (χ2v) is 5.93. The molecular formula is C19H20N4. The van der Waals surface area contributed by atoms with E-state index >= 15 is 0 Å². The quantitative estimate of drug-likeness (QED) is 0.807. The fourth-order valence-electron chi connectivity index (χ4n) is 3.34. The van der Waals surface area contributed by atoms with Crippen LogP contribution in [-0.4, -0.2) is 41.0 Å². The van der Waals surface area contributed by atoms with Gasteiger partial charge in [-0.05, 0) is 35.4 Å². The Balaban J connectivity index is 1.79. The minimum atomic E-state index is 0.234. The molecule has 2 aromatic heterocycles. The molecule has 4 nitrogen and oxygen atoms in total. The zero-order valence-corrected chi connectivity index (χ0v) is 13.0. The van der Waals surface area contributed by atoms with E-state index in [1.54, 1.807) is 0 Å². The van der Waals surface area contributed by atoms with Crippen molar-refractivity contribution in [1.29, 1.82) is 0 Å². The molecule has 1 aliphatic heterocycles.